The first-order valence-corrected chi connectivity index (χ1v) is 11.9. The van der Waals surface area contributed by atoms with Crippen molar-refractivity contribution >= 4 is 52.2 Å². The van der Waals surface area contributed by atoms with Gasteiger partial charge < -0.3 is 9.47 Å². The Bertz CT molecular complexity index is 1430. The number of carbonyl (C=O) groups excluding carboxylic acids is 2. The van der Waals surface area contributed by atoms with Crippen molar-refractivity contribution < 1.29 is 19.1 Å². The van der Waals surface area contributed by atoms with Crippen LogP contribution in [0.25, 0.3) is 6.08 Å². The molecule has 180 valence electrons. The van der Waals surface area contributed by atoms with Gasteiger partial charge in [0.1, 0.15) is 12.4 Å². The van der Waals surface area contributed by atoms with Gasteiger partial charge in [-0.2, -0.15) is 5.26 Å². The number of hydrogen-bond acceptors (Lipinski definition) is 7. The summed E-state index contributed by atoms with van der Waals surface area (Å²) in [6.07, 6.45) is 1.72. The average Bonchev–Trinajstić information content (AvgIpc) is 3.15. The van der Waals surface area contributed by atoms with Gasteiger partial charge in [-0.05, 0) is 71.9 Å². The number of carbonyl (C=O) groups is 2. The third-order valence-corrected chi connectivity index (χ3v) is 6.53. The van der Waals surface area contributed by atoms with E-state index in [0.717, 1.165) is 5.56 Å². The molecule has 7 nitrogen and oxygen atoms in total. The van der Waals surface area contributed by atoms with Crippen LogP contribution in [0.5, 0.6) is 5.75 Å². The maximum Gasteiger partial charge on any atom is 0.337 e. The number of amidine groups is 1. The van der Waals surface area contributed by atoms with Crippen LogP contribution in [-0.2, 0) is 16.1 Å². The smallest absolute Gasteiger partial charge is 0.337 e. The summed E-state index contributed by atoms with van der Waals surface area (Å²) in [4.78, 5) is 31.2. The molecule has 1 saturated heterocycles. The molecule has 36 heavy (non-hydrogen) atoms. The maximum absolute atomic E-state index is 12.9. The van der Waals surface area contributed by atoms with E-state index in [2.05, 4.69) is 11.1 Å². The summed E-state index contributed by atoms with van der Waals surface area (Å²) in [6, 6.07) is 21.1. The number of hydrogen-bond donors (Lipinski definition) is 0. The summed E-state index contributed by atoms with van der Waals surface area (Å²) in [5, 5.41) is 9.93. The zero-order valence-corrected chi connectivity index (χ0v) is 21.0. The van der Waals surface area contributed by atoms with E-state index >= 15 is 0 Å². The molecule has 0 radical (unpaired) electrons. The van der Waals surface area contributed by atoms with Crippen LogP contribution in [0.2, 0.25) is 5.02 Å². The van der Waals surface area contributed by atoms with E-state index in [1.807, 2.05) is 12.1 Å². The van der Waals surface area contributed by atoms with Crippen molar-refractivity contribution in [2.75, 3.05) is 14.2 Å². The molecule has 0 bridgehead atoms. The number of nitriles is 1. The first-order valence-electron chi connectivity index (χ1n) is 10.7. The molecule has 0 unspecified atom stereocenters. The van der Waals surface area contributed by atoms with E-state index in [9.17, 15) is 9.59 Å². The van der Waals surface area contributed by atoms with Gasteiger partial charge in [-0.1, -0.05) is 29.8 Å². The lowest BCUT2D eigenvalue weighted by Gasteiger charge is -2.10. The number of thioether (sulfide) groups is 1. The summed E-state index contributed by atoms with van der Waals surface area (Å²) in [5.41, 5.74) is 3.02. The molecule has 1 heterocycles. The first kappa shape index (κ1) is 25.0. The second kappa shape index (κ2) is 11.1. The fraction of sp³-hybridized carbons (Fsp3) is 0.111. The van der Waals surface area contributed by atoms with Crippen molar-refractivity contribution in [2.45, 2.75) is 6.61 Å². The van der Waals surface area contributed by atoms with E-state index in [1.165, 1.54) is 23.8 Å². The minimum Gasteiger partial charge on any atom is -0.488 e. The molecule has 1 fully saturated rings. The van der Waals surface area contributed by atoms with Crippen LogP contribution >= 0.6 is 23.4 Å². The Morgan fingerprint density at radius 3 is 2.67 bits per heavy atom. The molecular weight excluding hydrogens is 498 g/mol. The highest BCUT2D eigenvalue weighted by atomic mass is 35.5. The van der Waals surface area contributed by atoms with Gasteiger partial charge in [0, 0.05) is 17.6 Å². The summed E-state index contributed by atoms with van der Waals surface area (Å²) >= 11 is 7.44. The summed E-state index contributed by atoms with van der Waals surface area (Å²) in [6.45, 7) is 0.285. The monoisotopic (exact) mass is 517 g/mol. The molecule has 3 aromatic carbocycles. The maximum atomic E-state index is 12.9. The Morgan fingerprint density at radius 2 is 1.94 bits per heavy atom. The zero-order valence-electron chi connectivity index (χ0n) is 19.4. The molecule has 0 N–H and O–H groups in total. The number of methoxy groups -OCH3 is 1. The van der Waals surface area contributed by atoms with E-state index in [4.69, 9.17) is 26.3 Å². The molecule has 0 aliphatic carbocycles. The van der Waals surface area contributed by atoms with Crippen LogP contribution in [0.15, 0.2) is 76.6 Å². The lowest BCUT2D eigenvalue weighted by molar-refractivity contribution is -0.121. The van der Waals surface area contributed by atoms with E-state index in [0.29, 0.717) is 43.2 Å². The fourth-order valence-electron chi connectivity index (χ4n) is 3.32. The Balaban J connectivity index is 1.58. The van der Waals surface area contributed by atoms with Crippen molar-refractivity contribution in [3.05, 3.63) is 98.9 Å². The van der Waals surface area contributed by atoms with Gasteiger partial charge in [-0.3, -0.25) is 9.69 Å². The molecule has 0 spiro atoms. The number of benzene rings is 3. The number of nitrogens with zero attached hydrogens (tertiary/aromatic N) is 3. The molecule has 0 aromatic heterocycles. The van der Waals surface area contributed by atoms with Gasteiger partial charge in [-0.15, -0.1) is 0 Å². The van der Waals surface area contributed by atoms with Crippen LogP contribution in [0, 0.1) is 11.3 Å². The highest BCUT2D eigenvalue weighted by Gasteiger charge is 2.30. The minimum atomic E-state index is -0.462. The molecular formula is C27H20ClN3O4S. The van der Waals surface area contributed by atoms with Crippen molar-refractivity contribution in [2.24, 2.45) is 4.99 Å². The third kappa shape index (κ3) is 5.77. The highest BCUT2D eigenvalue weighted by Crippen LogP contribution is 2.35. The van der Waals surface area contributed by atoms with Crippen LogP contribution in [0.3, 0.4) is 0 Å². The van der Waals surface area contributed by atoms with Gasteiger partial charge in [0.25, 0.3) is 5.91 Å². The third-order valence-electron chi connectivity index (χ3n) is 5.23. The number of aliphatic imine (C=N–C) groups is 1. The Hall–Kier alpha value is -4.06. The molecule has 1 aliphatic rings. The quantitative estimate of drug-likeness (QED) is 0.302. The summed E-state index contributed by atoms with van der Waals surface area (Å²) < 4.78 is 10.8. The van der Waals surface area contributed by atoms with Gasteiger partial charge in [0.05, 0.1) is 34.9 Å². The fourth-order valence-corrected chi connectivity index (χ4v) is 4.48. The Morgan fingerprint density at radius 1 is 1.17 bits per heavy atom. The number of likely N-dealkylation sites (N-methyl/N-ethyl adjacent to an activating group) is 1. The van der Waals surface area contributed by atoms with E-state index in [-0.39, 0.29) is 12.5 Å². The second-order valence-corrected chi connectivity index (χ2v) is 9.14. The van der Waals surface area contributed by atoms with Crippen LogP contribution in [0.1, 0.15) is 27.0 Å². The molecule has 1 amide bonds. The molecule has 3 aromatic rings. The topological polar surface area (TPSA) is 92.0 Å². The van der Waals surface area contributed by atoms with Crippen molar-refractivity contribution in [1.29, 1.82) is 5.26 Å². The predicted molar refractivity (Wildman–Crippen MR) is 140 cm³/mol. The summed E-state index contributed by atoms with van der Waals surface area (Å²) in [5.74, 6) is -0.125. The largest absolute Gasteiger partial charge is 0.488 e. The summed E-state index contributed by atoms with van der Waals surface area (Å²) in [7, 11) is 2.95. The van der Waals surface area contributed by atoms with Crippen LogP contribution in [0.4, 0.5) is 5.69 Å². The number of esters is 1. The average molecular weight is 518 g/mol. The van der Waals surface area contributed by atoms with Crippen LogP contribution < -0.4 is 4.74 Å². The SMILES string of the molecule is COC(=O)c1cccc(N=C2SC(=Cc3cc(Cl)ccc3OCc3ccc(C#N)cc3)C(=O)N2C)c1. The van der Waals surface area contributed by atoms with Crippen molar-refractivity contribution in [1.82, 2.24) is 4.90 Å². The normalized spacial score (nSPS) is 15.3. The first-order chi connectivity index (χ1) is 17.4. The number of ether oxygens (including phenoxy) is 2. The van der Waals surface area contributed by atoms with E-state index < -0.39 is 5.97 Å². The predicted octanol–water partition coefficient (Wildman–Crippen LogP) is 5.81. The lowest BCUT2D eigenvalue weighted by Crippen LogP contribution is -2.23. The van der Waals surface area contributed by atoms with Crippen molar-refractivity contribution in [3.63, 3.8) is 0 Å². The second-order valence-electron chi connectivity index (χ2n) is 7.69. The highest BCUT2D eigenvalue weighted by molar-refractivity contribution is 8.18. The lowest BCUT2D eigenvalue weighted by atomic mass is 10.1. The van der Waals surface area contributed by atoms with Gasteiger partial charge in [0.2, 0.25) is 0 Å². The molecule has 0 atom stereocenters. The van der Waals surface area contributed by atoms with Crippen molar-refractivity contribution in [3.8, 4) is 11.8 Å². The molecule has 1 aliphatic heterocycles. The number of rotatable bonds is 6. The minimum absolute atomic E-state index is 0.221. The standard InChI is InChI=1S/C27H20ClN3O4S/c1-31-25(32)24(36-27(31)30-22-5-3-4-19(13-22)26(33)34-2)14-20-12-21(28)10-11-23(20)35-16-18-8-6-17(15-29)7-9-18/h3-14H,16H2,1-2H3. The van der Waals surface area contributed by atoms with Gasteiger partial charge in [0.15, 0.2) is 5.17 Å². The van der Waals surface area contributed by atoms with Crippen LogP contribution in [-0.4, -0.2) is 36.1 Å². The number of amides is 1. The van der Waals surface area contributed by atoms with Gasteiger partial charge >= 0.3 is 5.97 Å². The molecule has 4 rings (SSSR count). The molecule has 0 saturated carbocycles. The molecule has 9 heteroatoms. The zero-order chi connectivity index (χ0) is 25.7. The van der Waals surface area contributed by atoms with Gasteiger partial charge in [-0.25, -0.2) is 9.79 Å². The Labute approximate surface area is 217 Å². The Kier molecular flexibility index (Phi) is 7.74. The number of halogens is 1. The van der Waals surface area contributed by atoms with E-state index in [1.54, 1.807) is 67.7 Å².